The van der Waals surface area contributed by atoms with Gasteiger partial charge in [-0.15, -0.1) is 0 Å². The first-order chi connectivity index (χ1) is 9.24. The Labute approximate surface area is 120 Å². The molecule has 0 fully saturated rings. The van der Waals surface area contributed by atoms with Crippen molar-refractivity contribution in [2.24, 2.45) is 0 Å². The second kappa shape index (κ2) is 11.6. The zero-order valence-electron chi connectivity index (χ0n) is 12.6. The third kappa shape index (κ3) is 10.7. The van der Waals surface area contributed by atoms with Crippen molar-refractivity contribution in [2.45, 2.75) is 18.6 Å². The maximum atomic E-state index is 11.9. The van der Waals surface area contributed by atoms with E-state index in [0.717, 1.165) is 0 Å². The van der Waals surface area contributed by atoms with E-state index < -0.39 is 30.9 Å². The molecule has 0 saturated heterocycles. The molecule has 124 valence electrons. The van der Waals surface area contributed by atoms with E-state index in [1.807, 2.05) is 0 Å². The molecule has 0 spiro atoms. The lowest BCUT2D eigenvalue weighted by atomic mass is 10.5. The summed E-state index contributed by atoms with van der Waals surface area (Å²) < 4.78 is 64.3. The van der Waals surface area contributed by atoms with Crippen molar-refractivity contribution in [1.82, 2.24) is 0 Å². The van der Waals surface area contributed by atoms with E-state index in [2.05, 4.69) is 0 Å². The molecule has 11 heteroatoms. The van der Waals surface area contributed by atoms with E-state index in [-0.39, 0.29) is 6.04 Å². The van der Waals surface area contributed by atoms with Crippen molar-refractivity contribution < 1.29 is 39.7 Å². The zero-order valence-corrected chi connectivity index (χ0v) is 14.7. The van der Waals surface area contributed by atoms with Crippen LogP contribution >= 0.6 is 0 Å². The van der Waals surface area contributed by atoms with Crippen LogP contribution in [0.25, 0.3) is 0 Å². The highest BCUT2D eigenvalue weighted by molar-refractivity contribution is 6.60. The monoisotopic (exact) mass is 340 g/mol. The molecule has 0 aromatic carbocycles. The van der Waals surface area contributed by atoms with Gasteiger partial charge in [-0.05, 0) is 0 Å². The van der Waals surface area contributed by atoms with Crippen LogP contribution in [0.15, 0.2) is 0 Å². The van der Waals surface area contributed by atoms with E-state index in [4.69, 9.17) is 26.6 Å². The number of hydrogen-bond acceptors (Lipinski definition) is 6. The number of hydrogen-bond donors (Lipinski definition) is 0. The standard InChI is InChI=1S/C6H13F3O3Si.C3H10O3Si/c1-10-13(11-2,12-3)5-4-6(7,8)9;1-4-7(5-2)6-3/h4-5H2,1-3H3;7H,1-3H3. The summed E-state index contributed by atoms with van der Waals surface area (Å²) in [7, 11) is 3.86. The van der Waals surface area contributed by atoms with Gasteiger partial charge in [0.2, 0.25) is 0 Å². The maximum absolute atomic E-state index is 11.9. The molecule has 6 nitrogen and oxygen atoms in total. The third-order valence-electron chi connectivity index (χ3n) is 2.23. The summed E-state index contributed by atoms with van der Waals surface area (Å²) in [5.74, 6) is 0. The Morgan fingerprint density at radius 1 is 0.800 bits per heavy atom. The summed E-state index contributed by atoms with van der Waals surface area (Å²) >= 11 is 0. The number of rotatable bonds is 8. The van der Waals surface area contributed by atoms with Crippen molar-refractivity contribution in [1.29, 1.82) is 0 Å². The predicted molar refractivity (Wildman–Crippen MR) is 70.4 cm³/mol. The molecule has 0 radical (unpaired) electrons. The van der Waals surface area contributed by atoms with Crippen molar-refractivity contribution in [3.05, 3.63) is 0 Å². The summed E-state index contributed by atoms with van der Waals surface area (Å²) in [4.78, 5) is 0. The Bertz CT molecular complexity index is 210. The van der Waals surface area contributed by atoms with Crippen LogP contribution in [-0.4, -0.2) is 67.2 Å². The van der Waals surface area contributed by atoms with Crippen LogP contribution in [0.5, 0.6) is 0 Å². The van der Waals surface area contributed by atoms with Gasteiger partial charge in [-0.3, -0.25) is 0 Å². The number of halogens is 3. The molecule has 0 aromatic rings. The summed E-state index contributed by atoms with van der Waals surface area (Å²) in [6.45, 7) is 0. The van der Waals surface area contributed by atoms with Crippen LogP contribution < -0.4 is 0 Å². The minimum Gasteiger partial charge on any atom is -0.379 e. The number of alkyl halides is 3. The van der Waals surface area contributed by atoms with Crippen molar-refractivity contribution in [3.63, 3.8) is 0 Å². The third-order valence-corrected chi connectivity index (χ3v) is 6.11. The van der Waals surface area contributed by atoms with Crippen LogP contribution in [0.1, 0.15) is 6.42 Å². The first kappa shape index (κ1) is 22.3. The Hall–Kier alpha value is -0.0162. The van der Waals surface area contributed by atoms with Crippen LogP contribution in [0.2, 0.25) is 6.04 Å². The molecule has 0 unspecified atom stereocenters. The molecule has 0 aromatic heterocycles. The Morgan fingerprint density at radius 2 is 1.15 bits per heavy atom. The normalized spacial score (nSPS) is 12.3. The Morgan fingerprint density at radius 3 is 1.30 bits per heavy atom. The molecule has 0 atom stereocenters. The predicted octanol–water partition coefficient (Wildman–Crippen LogP) is 1.46. The second-order valence-corrected chi connectivity index (χ2v) is 8.49. The van der Waals surface area contributed by atoms with E-state index in [1.165, 1.54) is 21.3 Å². The summed E-state index contributed by atoms with van der Waals surface area (Å²) in [5, 5.41) is 0. The summed E-state index contributed by atoms with van der Waals surface area (Å²) in [6, 6.07) is -0.250. The van der Waals surface area contributed by atoms with Crippen molar-refractivity contribution in [2.75, 3.05) is 42.7 Å². The lowest BCUT2D eigenvalue weighted by Gasteiger charge is -2.24. The lowest BCUT2D eigenvalue weighted by Crippen LogP contribution is -2.43. The fourth-order valence-electron chi connectivity index (χ4n) is 1.14. The first-order valence-electron chi connectivity index (χ1n) is 5.54. The van der Waals surface area contributed by atoms with Gasteiger partial charge < -0.3 is 26.6 Å². The molecule has 0 aliphatic heterocycles. The fraction of sp³-hybridized carbons (Fsp3) is 1.00. The van der Waals surface area contributed by atoms with Crippen LogP contribution in [0, 0.1) is 0 Å². The minimum absolute atomic E-state index is 0.250. The molecule has 0 N–H and O–H groups in total. The maximum Gasteiger partial charge on any atom is 0.500 e. The molecule has 0 heterocycles. The topological polar surface area (TPSA) is 55.4 Å². The second-order valence-electron chi connectivity index (χ2n) is 3.41. The quantitative estimate of drug-likeness (QED) is 0.624. The highest BCUT2D eigenvalue weighted by Gasteiger charge is 2.42. The summed E-state index contributed by atoms with van der Waals surface area (Å²) in [5.41, 5.74) is 0. The van der Waals surface area contributed by atoms with Crippen molar-refractivity contribution >= 4 is 18.3 Å². The largest absolute Gasteiger partial charge is 0.500 e. The van der Waals surface area contributed by atoms with Crippen molar-refractivity contribution in [3.8, 4) is 0 Å². The zero-order chi connectivity index (χ0) is 16.2. The Balaban J connectivity index is 0. The molecular formula is C9H23F3O6Si2. The van der Waals surface area contributed by atoms with E-state index in [1.54, 1.807) is 21.3 Å². The minimum atomic E-state index is -4.20. The van der Waals surface area contributed by atoms with Gasteiger partial charge in [0.25, 0.3) is 0 Å². The van der Waals surface area contributed by atoms with Gasteiger partial charge in [-0.2, -0.15) is 13.2 Å². The average molecular weight is 340 g/mol. The van der Waals surface area contributed by atoms with Gasteiger partial charge in [0.1, 0.15) is 0 Å². The summed E-state index contributed by atoms with van der Waals surface area (Å²) in [6.07, 6.45) is -5.15. The molecule has 20 heavy (non-hydrogen) atoms. The Kier molecular flexibility index (Phi) is 12.9. The molecule has 0 bridgehead atoms. The van der Waals surface area contributed by atoms with Gasteiger partial charge in [-0.25, -0.2) is 0 Å². The van der Waals surface area contributed by atoms with E-state index in [9.17, 15) is 13.2 Å². The first-order valence-corrected chi connectivity index (χ1v) is 8.89. The van der Waals surface area contributed by atoms with Gasteiger partial charge in [0.05, 0.1) is 0 Å². The van der Waals surface area contributed by atoms with Gasteiger partial charge in [-0.1, -0.05) is 0 Å². The van der Waals surface area contributed by atoms with E-state index >= 15 is 0 Å². The van der Waals surface area contributed by atoms with E-state index in [0.29, 0.717) is 0 Å². The van der Waals surface area contributed by atoms with Crippen LogP contribution in [0.3, 0.4) is 0 Å². The molecule has 0 aliphatic rings. The molecular weight excluding hydrogens is 317 g/mol. The lowest BCUT2D eigenvalue weighted by molar-refractivity contribution is -0.132. The van der Waals surface area contributed by atoms with Gasteiger partial charge >= 0.3 is 24.5 Å². The molecule has 0 saturated carbocycles. The van der Waals surface area contributed by atoms with Crippen LogP contribution in [-0.2, 0) is 26.6 Å². The smallest absolute Gasteiger partial charge is 0.379 e. The van der Waals surface area contributed by atoms with Gasteiger partial charge in [0.15, 0.2) is 0 Å². The average Bonchev–Trinajstić information content (AvgIpc) is 2.43. The highest BCUT2D eigenvalue weighted by Crippen LogP contribution is 2.26. The van der Waals surface area contributed by atoms with Gasteiger partial charge in [0, 0.05) is 55.1 Å². The highest BCUT2D eigenvalue weighted by atomic mass is 28.4. The SMILES string of the molecule is CO[SiH](OC)OC.CO[Si](CCC(F)(F)F)(OC)OC. The van der Waals surface area contributed by atoms with Crippen LogP contribution in [0.4, 0.5) is 13.2 Å². The fourth-order valence-corrected chi connectivity index (χ4v) is 3.42. The molecule has 0 rings (SSSR count). The molecule has 0 aliphatic carbocycles. The molecule has 0 amide bonds.